The maximum absolute atomic E-state index is 11.7. The van der Waals surface area contributed by atoms with Gasteiger partial charge in [0.15, 0.2) is 0 Å². The van der Waals surface area contributed by atoms with Crippen molar-refractivity contribution in [2.75, 3.05) is 13.1 Å². The molecule has 0 bridgehead atoms. The molecular formula is C9H12N4O3. The van der Waals surface area contributed by atoms with E-state index in [2.05, 4.69) is 10.4 Å². The molecule has 7 nitrogen and oxygen atoms in total. The minimum absolute atomic E-state index is 0.0328. The van der Waals surface area contributed by atoms with Gasteiger partial charge in [0.1, 0.15) is 17.7 Å². The normalized spacial score (nSPS) is 21.1. The van der Waals surface area contributed by atoms with Gasteiger partial charge in [0, 0.05) is 26.6 Å². The smallest absolute Gasteiger partial charge is 0.310 e. The van der Waals surface area contributed by atoms with Crippen LogP contribution in [0.5, 0.6) is 0 Å². The van der Waals surface area contributed by atoms with Crippen LogP contribution in [0.3, 0.4) is 0 Å². The summed E-state index contributed by atoms with van der Waals surface area (Å²) < 4.78 is 1.41. The first-order valence-corrected chi connectivity index (χ1v) is 5.01. The minimum Gasteiger partial charge on any atom is -0.315 e. The van der Waals surface area contributed by atoms with Gasteiger partial charge in [-0.25, -0.2) is 0 Å². The summed E-state index contributed by atoms with van der Waals surface area (Å²) in [5.41, 5.74) is 0.312. The molecule has 1 unspecified atom stereocenters. The summed E-state index contributed by atoms with van der Waals surface area (Å²) >= 11 is 0. The van der Waals surface area contributed by atoms with Crippen molar-refractivity contribution in [2.45, 2.75) is 12.3 Å². The van der Waals surface area contributed by atoms with Gasteiger partial charge in [-0.3, -0.25) is 19.6 Å². The van der Waals surface area contributed by atoms with Crippen molar-refractivity contribution in [3.8, 4) is 0 Å². The number of rotatable bonds is 2. The van der Waals surface area contributed by atoms with Crippen LogP contribution in [0.1, 0.15) is 18.0 Å². The highest BCUT2D eigenvalue weighted by atomic mass is 16.6. The van der Waals surface area contributed by atoms with E-state index in [1.807, 2.05) is 0 Å². The summed E-state index contributed by atoms with van der Waals surface area (Å²) in [4.78, 5) is 22.0. The zero-order valence-corrected chi connectivity index (χ0v) is 8.84. The topological polar surface area (TPSA) is 90.1 Å². The number of piperidine rings is 1. The third-order valence-corrected chi connectivity index (χ3v) is 2.78. The Labute approximate surface area is 91.6 Å². The van der Waals surface area contributed by atoms with Crippen LogP contribution in [0.15, 0.2) is 6.20 Å². The molecule has 1 saturated heterocycles. The standard InChI is InChI=1S/C9H12N4O3/c1-12-9(7(5-11-12)13(15)16)6-4-10-3-2-8(6)14/h5-6,10H,2-4H2,1H3. The molecule has 0 aromatic carbocycles. The molecule has 1 fully saturated rings. The molecule has 1 aliphatic heterocycles. The molecule has 1 atom stereocenters. The molecular weight excluding hydrogens is 212 g/mol. The van der Waals surface area contributed by atoms with Crippen molar-refractivity contribution in [2.24, 2.45) is 7.05 Å². The van der Waals surface area contributed by atoms with Gasteiger partial charge in [0.05, 0.1) is 10.8 Å². The third kappa shape index (κ3) is 1.69. The monoisotopic (exact) mass is 224 g/mol. The molecule has 1 aliphatic rings. The molecule has 16 heavy (non-hydrogen) atoms. The lowest BCUT2D eigenvalue weighted by molar-refractivity contribution is -0.385. The molecule has 86 valence electrons. The Bertz CT molecular complexity index is 440. The average molecular weight is 224 g/mol. The quantitative estimate of drug-likeness (QED) is 0.563. The van der Waals surface area contributed by atoms with Crippen LogP contribution in [-0.4, -0.2) is 33.6 Å². The fraction of sp³-hybridized carbons (Fsp3) is 0.556. The van der Waals surface area contributed by atoms with Gasteiger partial charge in [-0.2, -0.15) is 5.10 Å². The number of nitrogens with one attached hydrogen (secondary N) is 1. The van der Waals surface area contributed by atoms with E-state index in [9.17, 15) is 14.9 Å². The fourth-order valence-electron chi connectivity index (χ4n) is 1.98. The predicted molar refractivity (Wildman–Crippen MR) is 55.1 cm³/mol. The molecule has 0 saturated carbocycles. The highest BCUT2D eigenvalue weighted by Gasteiger charge is 2.33. The summed E-state index contributed by atoms with van der Waals surface area (Å²) in [6.45, 7) is 1.08. The molecule has 0 spiro atoms. The maximum Gasteiger partial charge on any atom is 0.310 e. The first-order chi connectivity index (χ1) is 7.61. The van der Waals surface area contributed by atoms with Crippen LogP contribution in [0.4, 0.5) is 5.69 Å². The highest BCUT2D eigenvalue weighted by Crippen LogP contribution is 2.28. The average Bonchev–Trinajstić information content (AvgIpc) is 2.61. The Morgan fingerprint density at radius 2 is 2.44 bits per heavy atom. The van der Waals surface area contributed by atoms with Crippen molar-refractivity contribution < 1.29 is 9.72 Å². The summed E-state index contributed by atoms with van der Waals surface area (Å²) in [7, 11) is 1.62. The number of hydrogen-bond acceptors (Lipinski definition) is 5. The van der Waals surface area contributed by atoms with E-state index in [1.165, 1.54) is 10.9 Å². The van der Waals surface area contributed by atoms with E-state index in [0.717, 1.165) is 0 Å². The Hall–Kier alpha value is -1.76. The minimum atomic E-state index is -0.496. The number of carbonyl (C=O) groups is 1. The number of nitrogens with zero attached hydrogens (tertiary/aromatic N) is 3. The van der Waals surface area contributed by atoms with Crippen LogP contribution in [0, 0.1) is 10.1 Å². The van der Waals surface area contributed by atoms with Crippen molar-refractivity contribution in [1.29, 1.82) is 0 Å². The summed E-state index contributed by atoms with van der Waals surface area (Å²) in [6.07, 6.45) is 1.60. The van der Waals surface area contributed by atoms with E-state index in [1.54, 1.807) is 7.05 Å². The van der Waals surface area contributed by atoms with Gasteiger partial charge in [-0.1, -0.05) is 0 Å². The Balaban J connectivity index is 2.41. The molecule has 2 heterocycles. The number of aryl methyl sites for hydroxylation is 1. The Kier molecular flexibility index (Phi) is 2.69. The van der Waals surface area contributed by atoms with E-state index in [4.69, 9.17) is 0 Å². The van der Waals surface area contributed by atoms with E-state index >= 15 is 0 Å². The zero-order chi connectivity index (χ0) is 11.7. The van der Waals surface area contributed by atoms with Gasteiger partial charge in [-0.15, -0.1) is 0 Å². The molecule has 1 aromatic rings. The first kappa shape index (κ1) is 10.7. The fourth-order valence-corrected chi connectivity index (χ4v) is 1.98. The van der Waals surface area contributed by atoms with Gasteiger partial charge >= 0.3 is 5.69 Å². The van der Waals surface area contributed by atoms with Crippen molar-refractivity contribution in [3.63, 3.8) is 0 Å². The van der Waals surface area contributed by atoms with Gasteiger partial charge in [0.2, 0.25) is 0 Å². The van der Waals surface area contributed by atoms with Crippen LogP contribution in [-0.2, 0) is 11.8 Å². The van der Waals surface area contributed by atoms with E-state index < -0.39 is 10.8 Å². The largest absolute Gasteiger partial charge is 0.315 e. The maximum atomic E-state index is 11.7. The highest BCUT2D eigenvalue weighted by molar-refractivity contribution is 5.87. The lowest BCUT2D eigenvalue weighted by Gasteiger charge is -2.21. The van der Waals surface area contributed by atoms with Crippen LogP contribution >= 0.6 is 0 Å². The molecule has 0 radical (unpaired) electrons. The number of nitro groups is 1. The number of carbonyl (C=O) groups excluding carboxylic acids is 1. The second-order valence-corrected chi connectivity index (χ2v) is 3.77. The second-order valence-electron chi connectivity index (χ2n) is 3.77. The van der Waals surface area contributed by atoms with Crippen LogP contribution < -0.4 is 5.32 Å². The molecule has 0 amide bonds. The zero-order valence-electron chi connectivity index (χ0n) is 8.84. The molecule has 7 heteroatoms. The summed E-state index contributed by atoms with van der Waals surface area (Å²) in [5.74, 6) is -0.424. The van der Waals surface area contributed by atoms with Crippen LogP contribution in [0.2, 0.25) is 0 Å². The Morgan fingerprint density at radius 3 is 3.06 bits per heavy atom. The molecule has 2 rings (SSSR count). The lowest BCUT2D eigenvalue weighted by Crippen LogP contribution is -2.36. The van der Waals surface area contributed by atoms with Crippen molar-refractivity contribution >= 4 is 11.5 Å². The van der Waals surface area contributed by atoms with Gasteiger partial charge in [-0.05, 0) is 0 Å². The Morgan fingerprint density at radius 1 is 1.69 bits per heavy atom. The predicted octanol–water partition coefficient (Wildman–Crippen LogP) is -0.0257. The summed E-state index contributed by atoms with van der Waals surface area (Å²) in [5, 5.41) is 17.7. The van der Waals surface area contributed by atoms with Crippen LogP contribution in [0.25, 0.3) is 0 Å². The SMILES string of the molecule is Cn1ncc([N+](=O)[O-])c1C1CNCCC1=O. The number of ketones is 1. The van der Waals surface area contributed by atoms with Gasteiger partial charge in [0.25, 0.3) is 0 Å². The second kappa shape index (κ2) is 4.01. The number of Topliss-reactive ketones (excluding diaryl/α,β-unsaturated/α-hetero) is 1. The number of aromatic nitrogens is 2. The number of hydrogen-bond donors (Lipinski definition) is 1. The third-order valence-electron chi connectivity index (χ3n) is 2.78. The van der Waals surface area contributed by atoms with E-state index in [-0.39, 0.29) is 11.5 Å². The van der Waals surface area contributed by atoms with Gasteiger partial charge < -0.3 is 5.32 Å². The van der Waals surface area contributed by atoms with Crippen molar-refractivity contribution in [3.05, 3.63) is 22.0 Å². The first-order valence-electron chi connectivity index (χ1n) is 5.01. The molecule has 0 aliphatic carbocycles. The molecule has 1 N–H and O–H groups in total. The van der Waals surface area contributed by atoms with E-state index in [0.29, 0.717) is 25.2 Å². The van der Waals surface area contributed by atoms with Crippen molar-refractivity contribution in [1.82, 2.24) is 15.1 Å². The molecule has 1 aromatic heterocycles. The summed E-state index contributed by atoms with van der Waals surface area (Å²) in [6, 6.07) is 0. The lowest BCUT2D eigenvalue weighted by atomic mass is 9.94.